The van der Waals surface area contributed by atoms with E-state index in [1.807, 2.05) is 13.8 Å². The number of ether oxygens (including phenoxy) is 1. The average molecular weight is 244 g/mol. The summed E-state index contributed by atoms with van der Waals surface area (Å²) in [5.74, 6) is 0.193. The lowest BCUT2D eigenvalue weighted by Gasteiger charge is -2.20. The molecule has 0 spiro atoms. The third kappa shape index (κ3) is 3.24. The second-order valence-electron chi connectivity index (χ2n) is 4.38. The van der Waals surface area contributed by atoms with Crippen molar-refractivity contribution < 1.29 is 14.3 Å². The lowest BCUT2D eigenvalue weighted by molar-refractivity contribution is -0.153. The maximum Gasteiger partial charge on any atom is 0.316 e. The Balaban J connectivity index is 2.68. The van der Waals surface area contributed by atoms with Crippen molar-refractivity contribution in [3.8, 4) is 0 Å². The Kier molecular flexibility index (Phi) is 5.32. The molecule has 1 aliphatic rings. The number of carbonyl (C=O) groups is 2. The van der Waals surface area contributed by atoms with Crippen LogP contribution in [0.1, 0.15) is 33.6 Å². The Morgan fingerprint density at radius 2 is 2.12 bits per heavy atom. The van der Waals surface area contributed by atoms with Crippen LogP contribution in [0.15, 0.2) is 0 Å². The monoisotopic (exact) mass is 244 g/mol. The first-order valence-electron chi connectivity index (χ1n) is 5.89. The molecule has 0 aromatic carbocycles. The molecule has 1 saturated heterocycles. The topological polar surface area (TPSA) is 43.4 Å². The standard InChI is InChI=1S/C12H20O3S/c1-4-15-12(14)10(8(2)3)11(13)9-6-5-7-16-9/h8-10H,4-7H2,1-3H3. The van der Waals surface area contributed by atoms with Crippen LogP contribution in [0.2, 0.25) is 0 Å². The number of hydrogen-bond acceptors (Lipinski definition) is 4. The van der Waals surface area contributed by atoms with Crippen LogP contribution in [0.3, 0.4) is 0 Å². The molecular weight excluding hydrogens is 224 g/mol. The Hall–Kier alpha value is -0.510. The largest absolute Gasteiger partial charge is 0.465 e. The molecule has 1 rings (SSSR count). The maximum atomic E-state index is 12.2. The van der Waals surface area contributed by atoms with E-state index in [0.717, 1.165) is 18.6 Å². The van der Waals surface area contributed by atoms with Gasteiger partial charge < -0.3 is 4.74 Å². The van der Waals surface area contributed by atoms with E-state index in [-0.39, 0.29) is 22.9 Å². The molecule has 0 radical (unpaired) electrons. The number of hydrogen-bond donors (Lipinski definition) is 0. The third-order valence-electron chi connectivity index (χ3n) is 2.76. The number of thioether (sulfide) groups is 1. The van der Waals surface area contributed by atoms with Crippen molar-refractivity contribution in [1.29, 1.82) is 0 Å². The van der Waals surface area contributed by atoms with E-state index in [1.165, 1.54) is 0 Å². The molecule has 16 heavy (non-hydrogen) atoms. The molecule has 4 heteroatoms. The van der Waals surface area contributed by atoms with Gasteiger partial charge in [0.05, 0.1) is 11.9 Å². The summed E-state index contributed by atoms with van der Waals surface area (Å²) in [7, 11) is 0. The van der Waals surface area contributed by atoms with Crippen LogP contribution in [0, 0.1) is 11.8 Å². The van der Waals surface area contributed by atoms with Gasteiger partial charge >= 0.3 is 5.97 Å². The van der Waals surface area contributed by atoms with E-state index in [4.69, 9.17) is 4.74 Å². The van der Waals surface area contributed by atoms with Crippen molar-refractivity contribution in [2.24, 2.45) is 11.8 Å². The molecule has 0 bridgehead atoms. The molecule has 0 aliphatic carbocycles. The molecule has 3 nitrogen and oxygen atoms in total. The summed E-state index contributed by atoms with van der Waals surface area (Å²) in [6.45, 7) is 5.91. The van der Waals surface area contributed by atoms with Crippen LogP contribution in [-0.4, -0.2) is 29.4 Å². The van der Waals surface area contributed by atoms with Gasteiger partial charge in [0.2, 0.25) is 0 Å². The zero-order valence-electron chi connectivity index (χ0n) is 10.2. The zero-order valence-corrected chi connectivity index (χ0v) is 11.0. The normalized spacial score (nSPS) is 22.1. The van der Waals surface area contributed by atoms with E-state index in [1.54, 1.807) is 18.7 Å². The Morgan fingerprint density at radius 1 is 1.44 bits per heavy atom. The lowest BCUT2D eigenvalue weighted by atomic mass is 9.89. The minimum atomic E-state index is -0.574. The predicted molar refractivity (Wildman–Crippen MR) is 65.4 cm³/mol. The maximum absolute atomic E-state index is 12.2. The summed E-state index contributed by atoms with van der Waals surface area (Å²) in [6.07, 6.45) is 1.99. The van der Waals surface area contributed by atoms with E-state index in [9.17, 15) is 9.59 Å². The SMILES string of the molecule is CCOC(=O)C(C(=O)C1CCCS1)C(C)C. The third-order valence-corrected chi connectivity index (χ3v) is 4.16. The predicted octanol–water partition coefficient (Wildman–Crippen LogP) is 2.29. The Labute approximate surface area is 101 Å². The van der Waals surface area contributed by atoms with Crippen LogP contribution < -0.4 is 0 Å². The second kappa shape index (κ2) is 6.28. The highest BCUT2D eigenvalue weighted by Gasteiger charge is 2.37. The first kappa shape index (κ1) is 13.6. The van der Waals surface area contributed by atoms with Gasteiger partial charge in [-0.05, 0) is 31.4 Å². The highest BCUT2D eigenvalue weighted by molar-refractivity contribution is 8.00. The molecule has 0 saturated carbocycles. The van der Waals surface area contributed by atoms with Crippen molar-refractivity contribution in [3.63, 3.8) is 0 Å². The molecule has 1 fully saturated rings. The fourth-order valence-electron chi connectivity index (χ4n) is 1.95. The molecule has 2 atom stereocenters. The summed E-state index contributed by atoms with van der Waals surface area (Å²) < 4.78 is 4.98. The first-order chi connectivity index (χ1) is 7.57. The van der Waals surface area contributed by atoms with E-state index < -0.39 is 5.92 Å². The number of rotatable bonds is 5. The Morgan fingerprint density at radius 3 is 2.56 bits per heavy atom. The molecule has 2 unspecified atom stereocenters. The van der Waals surface area contributed by atoms with Crippen LogP contribution in [0.5, 0.6) is 0 Å². The summed E-state index contributed by atoms with van der Waals surface area (Å²) in [5, 5.41) is 0.0109. The van der Waals surface area contributed by atoms with Gasteiger partial charge in [-0.3, -0.25) is 9.59 Å². The number of esters is 1. The number of Topliss-reactive ketones (excluding diaryl/α,β-unsaturated/α-hetero) is 1. The van der Waals surface area contributed by atoms with Crippen LogP contribution in [0.25, 0.3) is 0 Å². The van der Waals surface area contributed by atoms with Crippen molar-refractivity contribution >= 4 is 23.5 Å². The van der Waals surface area contributed by atoms with Gasteiger partial charge in [-0.25, -0.2) is 0 Å². The second-order valence-corrected chi connectivity index (χ2v) is 5.69. The average Bonchev–Trinajstić information content (AvgIpc) is 2.70. The molecule has 92 valence electrons. The number of carbonyl (C=O) groups excluding carboxylic acids is 2. The smallest absolute Gasteiger partial charge is 0.316 e. The van der Waals surface area contributed by atoms with Gasteiger partial charge in [0.1, 0.15) is 5.92 Å². The van der Waals surface area contributed by atoms with Crippen LogP contribution in [-0.2, 0) is 14.3 Å². The quantitative estimate of drug-likeness (QED) is 0.550. The van der Waals surface area contributed by atoms with Crippen LogP contribution in [0.4, 0.5) is 0 Å². The van der Waals surface area contributed by atoms with Crippen molar-refractivity contribution in [2.45, 2.75) is 38.9 Å². The lowest BCUT2D eigenvalue weighted by Crippen LogP contribution is -2.35. The van der Waals surface area contributed by atoms with Gasteiger partial charge in [0.15, 0.2) is 5.78 Å². The van der Waals surface area contributed by atoms with Crippen molar-refractivity contribution in [2.75, 3.05) is 12.4 Å². The molecule has 0 aromatic heterocycles. The van der Waals surface area contributed by atoms with E-state index >= 15 is 0 Å². The highest BCUT2D eigenvalue weighted by atomic mass is 32.2. The van der Waals surface area contributed by atoms with Crippen molar-refractivity contribution in [1.82, 2.24) is 0 Å². The first-order valence-corrected chi connectivity index (χ1v) is 6.94. The van der Waals surface area contributed by atoms with Gasteiger partial charge in [-0.15, -0.1) is 0 Å². The molecule has 1 aliphatic heterocycles. The molecule has 1 heterocycles. The van der Waals surface area contributed by atoms with E-state index in [2.05, 4.69) is 0 Å². The molecule has 0 aromatic rings. The minimum absolute atomic E-state index is 0.0109. The summed E-state index contributed by atoms with van der Waals surface area (Å²) >= 11 is 1.67. The van der Waals surface area contributed by atoms with Gasteiger partial charge in [-0.1, -0.05) is 13.8 Å². The summed E-state index contributed by atoms with van der Waals surface area (Å²) in [6, 6.07) is 0. The minimum Gasteiger partial charge on any atom is -0.465 e. The summed E-state index contributed by atoms with van der Waals surface area (Å²) in [4.78, 5) is 23.9. The van der Waals surface area contributed by atoms with Gasteiger partial charge in [-0.2, -0.15) is 11.8 Å². The fraction of sp³-hybridized carbons (Fsp3) is 0.833. The van der Waals surface area contributed by atoms with Gasteiger partial charge in [0.25, 0.3) is 0 Å². The van der Waals surface area contributed by atoms with Crippen LogP contribution >= 0.6 is 11.8 Å². The molecule has 0 amide bonds. The number of ketones is 1. The summed E-state index contributed by atoms with van der Waals surface area (Å²) in [5.41, 5.74) is 0. The molecule has 0 N–H and O–H groups in total. The molecular formula is C12H20O3S. The fourth-order valence-corrected chi connectivity index (χ4v) is 3.21. The zero-order chi connectivity index (χ0) is 12.1. The highest BCUT2D eigenvalue weighted by Crippen LogP contribution is 2.31. The van der Waals surface area contributed by atoms with E-state index in [0.29, 0.717) is 6.61 Å². The Bertz CT molecular complexity index is 257. The van der Waals surface area contributed by atoms with Crippen molar-refractivity contribution in [3.05, 3.63) is 0 Å². The van der Waals surface area contributed by atoms with Gasteiger partial charge in [0, 0.05) is 0 Å².